The SMILES string of the molecule is O=C(CCNc1ccc(F)cc1F)Nc1cccc(Br)c1. The van der Waals surface area contributed by atoms with E-state index >= 15 is 0 Å². The van der Waals surface area contributed by atoms with Gasteiger partial charge in [0.05, 0.1) is 5.69 Å². The molecule has 0 heterocycles. The standard InChI is InChI=1S/C15H13BrF2N2O/c16-10-2-1-3-12(8-10)20-15(21)6-7-19-14-5-4-11(17)9-13(14)18/h1-5,8-9,19H,6-7H2,(H,20,21). The molecule has 2 aromatic rings. The number of hydrogen-bond donors (Lipinski definition) is 2. The fourth-order valence-electron chi connectivity index (χ4n) is 1.73. The van der Waals surface area contributed by atoms with Crippen molar-refractivity contribution in [1.82, 2.24) is 0 Å². The van der Waals surface area contributed by atoms with Crippen LogP contribution < -0.4 is 10.6 Å². The van der Waals surface area contributed by atoms with Crippen molar-refractivity contribution in [2.45, 2.75) is 6.42 Å². The molecule has 0 radical (unpaired) electrons. The number of hydrogen-bond acceptors (Lipinski definition) is 2. The fraction of sp³-hybridized carbons (Fsp3) is 0.133. The number of nitrogens with one attached hydrogen (secondary N) is 2. The van der Waals surface area contributed by atoms with Crippen LogP contribution in [0.5, 0.6) is 0 Å². The highest BCUT2D eigenvalue weighted by Gasteiger charge is 2.05. The van der Waals surface area contributed by atoms with Crippen molar-refractivity contribution in [2.75, 3.05) is 17.2 Å². The van der Waals surface area contributed by atoms with E-state index in [0.29, 0.717) is 5.69 Å². The van der Waals surface area contributed by atoms with E-state index in [-0.39, 0.29) is 24.6 Å². The highest BCUT2D eigenvalue weighted by molar-refractivity contribution is 9.10. The van der Waals surface area contributed by atoms with Crippen molar-refractivity contribution >= 4 is 33.2 Å². The molecule has 0 aliphatic heterocycles. The van der Waals surface area contributed by atoms with Crippen molar-refractivity contribution in [3.8, 4) is 0 Å². The van der Waals surface area contributed by atoms with Crippen LogP contribution in [0.1, 0.15) is 6.42 Å². The predicted octanol–water partition coefficient (Wildman–Crippen LogP) is 4.17. The van der Waals surface area contributed by atoms with Crippen LogP contribution in [0.25, 0.3) is 0 Å². The zero-order valence-electron chi connectivity index (χ0n) is 11.0. The lowest BCUT2D eigenvalue weighted by Gasteiger charge is -2.08. The van der Waals surface area contributed by atoms with E-state index in [9.17, 15) is 13.6 Å². The van der Waals surface area contributed by atoms with Gasteiger partial charge in [0.15, 0.2) is 0 Å². The smallest absolute Gasteiger partial charge is 0.226 e. The number of amides is 1. The van der Waals surface area contributed by atoms with Gasteiger partial charge < -0.3 is 10.6 Å². The van der Waals surface area contributed by atoms with Crippen molar-refractivity contribution in [3.63, 3.8) is 0 Å². The van der Waals surface area contributed by atoms with Gasteiger partial charge in [-0.05, 0) is 30.3 Å². The Hall–Kier alpha value is -1.95. The Morgan fingerprint density at radius 3 is 2.67 bits per heavy atom. The Kier molecular flexibility index (Phi) is 5.27. The summed E-state index contributed by atoms with van der Waals surface area (Å²) in [6, 6.07) is 10.5. The molecule has 0 saturated carbocycles. The Morgan fingerprint density at radius 2 is 1.95 bits per heavy atom. The summed E-state index contributed by atoms with van der Waals surface area (Å²) < 4.78 is 27.0. The zero-order valence-corrected chi connectivity index (χ0v) is 12.6. The summed E-state index contributed by atoms with van der Waals surface area (Å²) in [5, 5.41) is 5.49. The van der Waals surface area contributed by atoms with E-state index in [1.165, 1.54) is 6.07 Å². The average molecular weight is 355 g/mol. The summed E-state index contributed by atoms with van der Waals surface area (Å²) in [4.78, 5) is 11.7. The minimum Gasteiger partial charge on any atom is -0.382 e. The van der Waals surface area contributed by atoms with Crippen molar-refractivity contribution in [3.05, 3.63) is 58.6 Å². The van der Waals surface area contributed by atoms with Crippen LogP contribution in [0.2, 0.25) is 0 Å². The van der Waals surface area contributed by atoms with Crippen LogP contribution in [-0.4, -0.2) is 12.5 Å². The third-order valence-corrected chi connectivity index (χ3v) is 3.20. The first-order chi connectivity index (χ1) is 10.0. The molecule has 110 valence electrons. The second-order valence-corrected chi connectivity index (χ2v) is 5.28. The molecule has 1 amide bonds. The van der Waals surface area contributed by atoms with E-state index in [1.54, 1.807) is 12.1 Å². The van der Waals surface area contributed by atoms with E-state index in [2.05, 4.69) is 26.6 Å². The summed E-state index contributed by atoms with van der Waals surface area (Å²) >= 11 is 3.31. The van der Waals surface area contributed by atoms with Gasteiger partial charge in [-0.15, -0.1) is 0 Å². The van der Waals surface area contributed by atoms with Gasteiger partial charge in [0.25, 0.3) is 0 Å². The number of carbonyl (C=O) groups excluding carboxylic acids is 1. The second kappa shape index (κ2) is 7.17. The topological polar surface area (TPSA) is 41.1 Å². The molecule has 2 aromatic carbocycles. The lowest BCUT2D eigenvalue weighted by atomic mass is 10.2. The van der Waals surface area contributed by atoms with Gasteiger partial charge in [-0.3, -0.25) is 4.79 Å². The molecular weight excluding hydrogens is 342 g/mol. The van der Waals surface area contributed by atoms with Crippen molar-refractivity contribution in [1.29, 1.82) is 0 Å². The molecule has 6 heteroatoms. The predicted molar refractivity (Wildman–Crippen MR) is 82.2 cm³/mol. The first kappa shape index (κ1) is 15.4. The highest BCUT2D eigenvalue weighted by Crippen LogP contribution is 2.16. The lowest BCUT2D eigenvalue weighted by Crippen LogP contribution is -2.16. The monoisotopic (exact) mass is 354 g/mol. The molecule has 2 rings (SSSR count). The quantitative estimate of drug-likeness (QED) is 0.845. The molecule has 3 nitrogen and oxygen atoms in total. The molecule has 21 heavy (non-hydrogen) atoms. The van der Waals surface area contributed by atoms with Crippen LogP contribution in [0, 0.1) is 11.6 Å². The normalized spacial score (nSPS) is 10.2. The van der Waals surface area contributed by atoms with Crippen molar-refractivity contribution < 1.29 is 13.6 Å². The molecule has 0 fully saturated rings. The second-order valence-electron chi connectivity index (χ2n) is 4.36. The van der Waals surface area contributed by atoms with E-state index < -0.39 is 11.6 Å². The van der Waals surface area contributed by atoms with Gasteiger partial charge in [-0.2, -0.15) is 0 Å². The number of rotatable bonds is 5. The summed E-state index contributed by atoms with van der Waals surface area (Å²) in [6.07, 6.45) is 0.170. The summed E-state index contributed by atoms with van der Waals surface area (Å²) in [7, 11) is 0. The third kappa shape index (κ3) is 4.82. The van der Waals surface area contributed by atoms with Gasteiger partial charge in [-0.25, -0.2) is 8.78 Å². The van der Waals surface area contributed by atoms with Gasteiger partial charge in [0.2, 0.25) is 5.91 Å². The first-order valence-electron chi connectivity index (χ1n) is 6.29. The lowest BCUT2D eigenvalue weighted by molar-refractivity contribution is -0.115. The number of carbonyl (C=O) groups is 1. The maximum absolute atomic E-state index is 13.4. The summed E-state index contributed by atoms with van der Waals surface area (Å²) in [5.74, 6) is -1.50. The zero-order chi connectivity index (χ0) is 15.2. The molecule has 0 aromatic heterocycles. The Morgan fingerprint density at radius 1 is 1.14 bits per heavy atom. The van der Waals surface area contributed by atoms with Crippen LogP contribution >= 0.6 is 15.9 Å². The molecule has 0 atom stereocenters. The Bertz CT molecular complexity index is 649. The number of benzene rings is 2. The molecule has 2 N–H and O–H groups in total. The molecule has 0 aliphatic rings. The number of anilines is 2. The van der Waals surface area contributed by atoms with E-state index in [0.717, 1.165) is 16.6 Å². The summed E-state index contributed by atoms with van der Waals surface area (Å²) in [5.41, 5.74) is 0.856. The molecule has 0 saturated heterocycles. The minimum absolute atomic E-state index is 0.170. The van der Waals surface area contributed by atoms with Gasteiger partial charge in [-0.1, -0.05) is 22.0 Å². The molecule has 0 unspecified atom stereocenters. The average Bonchev–Trinajstić information content (AvgIpc) is 2.41. The van der Waals surface area contributed by atoms with Crippen LogP contribution in [0.15, 0.2) is 46.9 Å². The summed E-state index contributed by atoms with van der Waals surface area (Å²) in [6.45, 7) is 0.252. The third-order valence-electron chi connectivity index (χ3n) is 2.71. The first-order valence-corrected chi connectivity index (χ1v) is 7.08. The van der Waals surface area contributed by atoms with Crippen molar-refractivity contribution in [2.24, 2.45) is 0 Å². The largest absolute Gasteiger partial charge is 0.382 e. The van der Waals surface area contributed by atoms with E-state index in [4.69, 9.17) is 0 Å². The molecule has 0 bridgehead atoms. The van der Waals surface area contributed by atoms with Crippen LogP contribution in [-0.2, 0) is 4.79 Å². The Balaban J connectivity index is 1.81. The van der Waals surface area contributed by atoms with Gasteiger partial charge in [0.1, 0.15) is 11.6 Å². The van der Waals surface area contributed by atoms with E-state index in [1.807, 2.05) is 12.1 Å². The fourth-order valence-corrected chi connectivity index (χ4v) is 2.13. The maximum Gasteiger partial charge on any atom is 0.226 e. The molecule has 0 aliphatic carbocycles. The number of halogens is 3. The molecule has 0 spiro atoms. The van der Waals surface area contributed by atoms with Crippen LogP contribution in [0.4, 0.5) is 20.2 Å². The molecular formula is C15H13BrF2N2O. The minimum atomic E-state index is -0.678. The maximum atomic E-state index is 13.4. The Labute approximate surface area is 129 Å². The van der Waals surface area contributed by atoms with Gasteiger partial charge in [0, 0.05) is 29.2 Å². The highest BCUT2D eigenvalue weighted by atomic mass is 79.9. The van der Waals surface area contributed by atoms with Crippen LogP contribution in [0.3, 0.4) is 0 Å². The van der Waals surface area contributed by atoms with Gasteiger partial charge >= 0.3 is 0 Å².